The van der Waals surface area contributed by atoms with E-state index in [1.54, 1.807) is 11.8 Å². The highest BCUT2D eigenvalue weighted by Gasteiger charge is 2.25. The van der Waals surface area contributed by atoms with Crippen LogP contribution in [0.2, 0.25) is 0 Å². The van der Waals surface area contributed by atoms with E-state index in [1.165, 1.54) is 10.5 Å². The van der Waals surface area contributed by atoms with Crippen LogP contribution in [-0.2, 0) is 4.79 Å². The lowest BCUT2D eigenvalue weighted by atomic mass is 9.95. The Hall–Kier alpha value is -1.44. The number of benzene rings is 1. The molecule has 1 N–H and O–H groups in total. The number of nitrogens with one attached hydrogen (secondary N) is 1. The lowest BCUT2D eigenvalue weighted by Crippen LogP contribution is -2.43. The summed E-state index contributed by atoms with van der Waals surface area (Å²) in [5.41, 5.74) is 1.27. The fourth-order valence-electron chi connectivity index (χ4n) is 2.74. The molecule has 0 radical (unpaired) electrons. The molecule has 2 rings (SSSR count). The van der Waals surface area contributed by atoms with Crippen molar-refractivity contribution in [2.45, 2.75) is 37.6 Å². The van der Waals surface area contributed by atoms with Crippen molar-refractivity contribution < 1.29 is 4.79 Å². The maximum atomic E-state index is 12.3. The van der Waals surface area contributed by atoms with E-state index < -0.39 is 0 Å². The van der Waals surface area contributed by atoms with Crippen molar-refractivity contribution in [3.63, 3.8) is 0 Å². The summed E-state index contributed by atoms with van der Waals surface area (Å²) in [6.45, 7) is 6.71. The Balaban J connectivity index is 1.70. The Morgan fingerprint density at radius 2 is 2.04 bits per heavy atom. The van der Waals surface area contributed by atoms with Gasteiger partial charge >= 0.3 is 0 Å². The number of carbonyl (C=O) groups excluding carboxylic acids is 1. The third kappa shape index (κ3) is 5.93. The molecule has 3 nitrogen and oxygen atoms in total. The van der Waals surface area contributed by atoms with Crippen LogP contribution in [0.3, 0.4) is 0 Å². The Bertz CT molecular complexity index is 541. The molecule has 0 bridgehead atoms. The van der Waals surface area contributed by atoms with Crippen LogP contribution in [0, 0.1) is 25.2 Å². The zero-order valence-electron chi connectivity index (χ0n) is 14.0. The highest BCUT2D eigenvalue weighted by Crippen LogP contribution is 2.20. The van der Waals surface area contributed by atoms with Gasteiger partial charge in [0.05, 0.1) is 6.54 Å². The highest BCUT2D eigenvalue weighted by molar-refractivity contribution is 7.99. The predicted octanol–water partition coefficient (Wildman–Crippen LogP) is 2.94. The predicted molar refractivity (Wildman–Crippen MR) is 97.5 cm³/mol. The van der Waals surface area contributed by atoms with Gasteiger partial charge in [0.1, 0.15) is 0 Å². The lowest BCUT2D eigenvalue weighted by molar-refractivity contribution is -0.126. The molecule has 124 valence electrons. The molecular formula is C19H26N2OS. The third-order valence-electron chi connectivity index (χ3n) is 4.18. The number of piperidine rings is 1. The van der Waals surface area contributed by atoms with Crippen molar-refractivity contribution in [3.05, 3.63) is 29.8 Å². The van der Waals surface area contributed by atoms with Crippen LogP contribution >= 0.6 is 11.8 Å². The first-order valence-corrected chi connectivity index (χ1v) is 9.22. The van der Waals surface area contributed by atoms with Crippen molar-refractivity contribution in [2.75, 3.05) is 25.4 Å². The second-order valence-corrected chi connectivity index (χ2v) is 7.38. The molecule has 1 atom stereocenters. The maximum absolute atomic E-state index is 12.3. The van der Waals surface area contributed by atoms with Crippen LogP contribution in [-0.4, -0.2) is 42.2 Å². The number of hydrogen-bond donors (Lipinski definition) is 1. The first-order chi connectivity index (χ1) is 11.1. The van der Waals surface area contributed by atoms with Crippen molar-refractivity contribution in [3.8, 4) is 12.3 Å². The minimum atomic E-state index is 0.135. The summed E-state index contributed by atoms with van der Waals surface area (Å²) in [5.74, 6) is 3.90. The first kappa shape index (κ1) is 17.9. The molecule has 23 heavy (non-hydrogen) atoms. The number of amides is 1. The van der Waals surface area contributed by atoms with E-state index in [0.717, 1.165) is 31.7 Å². The van der Waals surface area contributed by atoms with E-state index in [2.05, 4.69) is 54.3 Å². The number of rotatable bonds is 6. The standard InChI is InChI=1S/C19H26N2OS/c1-4-11-21-12-9-17(10-13-21)19(22)20-16(3)14-23-18-7-5-15(2)6-8-18/h1,5-8,16-17H,9-14H2,2-3H3,(H,20,22)/t16-/m1/s1. The molecule has 1 aliphatic rings. The number of nitrogens with zero attached hydrogens (tertiary/aromatic N) is 1. The van der Waals surface area contributed by atoms with Gasteiger partial charge in [-0.05, 0) is 51.9 Å². The second-order valence-electron chi connectivity index (χ2n) is 6.29. The monoisotopic (exact) mass is 330 g/mol. The van der Waals surface area contributed by atoms with Gasteiger partial charge in [-0.2, -0.15) is 0 Å². The fourth-order valence-corrected chi connectivity index (χ4v) is 3.59. The molecule has 4 heteroatoms. The molecule has 1 aromatic carbocycles. The molecule has 0 unspecified atom stereocenters. The van der Waals surface area contributed by atoms with Crippen LogP contribution in [0.25, 0.3) is 0 Å². The van der Waals surface area contributed by atoms with Gasteiger partial charge in [-0.1, -0.05) is 23.6 Å². The summed E-state index contributed by atoms with van der Waals surface area (Å²) in [4.78, 5) is 15.8. The van der Waals surface area contributed by atoms with Crippen molar-refractivity contribution >= 4 is 17.7 Å². The van der Waals surface area contributed by atoms with Crippen molar-refractivity contribution in [1.82, 2.24) is 10.2 Å². The Kier molecular flexibility index (Phi) is 7.01. The quantitative estimate of drug-likeness (QED) is 0.643. The van der Waals surface area contributed by atoms with Gasteiger partial charge in [0.15, 0.2) is 0 Å². The molecular weight excluding hydrogens is 304 g/mol. The van der Waals surface area contributed by atoms with E-state index >= 15 is 0 Å². The molecule has 1 amide bonds. The Labute approximate surface area is 144 Å². The number of thioether (sulfide) groups is 1. The van der Waals surface area contributed by atoms with Gasteiger partial charge in [0.2, 0.25) is 5.91 Å². The first-order valence-electron chi connectivity index (χ1n) is 8.24. The van der Waals surface area contributed by atoms with Gasteiger partial charge in [0, 0.05) is 22.6 Å². The smallest absolute Gasteiger partial charge is 0.223 e. The van der Waals surface area contributed by atoms with Crippen LogP contribution in [0.4, 0.5) is 0 Å². The summed E-state index contributed by atoms with van der Waals surface area (Å²) < 4.78 is 0. The number of carbonyl (C=O) groups is 1. The summed E-state index contributed by atoms with van der Waals surface area (Å²) >= 11 is 1.79. The number of likely N-dealkylation sites (tertiary alicyclic amines) is 1. The average molecular weight is 330 g/mol. The highest BCUT2D eigenvalue weighted by atomic mass is 32.2. The van der Waals surface area contributed by atoms with Crippen LogP contribution in [0.1, 0.15) is 25.3 Å². The van der Waals surface area contributed by atoms with Crippen LogP contribution in [0.15, 0.2) is 29.2 Å². The third-order valence-corrected chi connectivity index (χ3v) is 5.46. The van der Waals surface area contributed by atoms with Crippen molar-refractivity contribution in [1.29, 1.82) is 0 Å². The fraction of sp³-hybridized carbons (Fsp3) is 0.526. The summed E-state index contributed by atoms with van der Waals surface area (Å²) in [6.07, 6.45) is 7.15. The molecule has 1 aromatic rings. The molecule has 1 heterocycles. The van der Waals surface area contributed by atoms with E-state index in [1.807, 2.05) is 0 Å². The van der Waals surface area contributed by atoms with E-state index in [4.69, 9.17) is 6.42 Å². The SMILES string of the molecule is C#CCN1CCC(C(=O)N[C@H](C)CSc2ccc(C)cc2)CC1. The van der Waals surface area contributed by atoms with Crippen molar-refractivity contribution in [2.24, 2.45) is 5.92 Å². The minimum Gasteiger partial charge on any atom is -0.353 e. The number of hydrogen-bond acceptors (Lipinski definition) is 3. The molecule has 0 saturated carbocycles. The Morgan fingerprint density at radius 3 is 2.65 bits per heavy atom. The molecule has 1 fully saturated rings. The van der Waals surface area contributed by atoms with Crippen LogP contribution < -0.4 is 5.32 Å². The van der Waals surface area contributed by atoms with Gasteiger partial charge in [-0.15, -0.1) is 18.2 Å². The average Bonchev–Trinajstić information content (AvgIpc) is 2.55. The van der Waals surface area contributed by atoms with Gasteiger partial charge < -0.3 is 5.32 Å². The zero-order valence-corrected chi connectivity index (χ0v) is 14.9. The molecule has 0 spiro atoms. The minimum absolute atomic E-state index is 0.135. The summed E-state index contributed by atoms with van der Waals surface area (Å²) in [5, 5.41) is 3.16. The molecule has 0 aliphatic carbocycles. The zero-order chi connectivity index (χ0) is 16.7. The maximum Gasteiger partial charge on any atom is 0.223 e. The number of terminal acetylenes is 1. The molecule has 1 aliphatic heterocycles. The normalized spacial score (nSPS) is 17.4. The number of aryl methyl sites for hydroxylation is 1. The summed E-state index contributed by atoms with van der Waals surface area (Å²) in [6, 6.07) is 8.69. The Morgan fingerprint density at radius 1 is 1.39 bits per heavy atom. The largest absolute Gasteiger partial charge is 0.353 e. The van der Waals surface area contributed by atoms with Crippen LogP contribution in [0.5, 0.6) is 0 Å². The van der Waals surface area contributed by atoms with Gasteiger partial charge in [0.25, 0.3) is 0 Å². The van der Waals surface area contributed by atoms with Gasteiger partial charge in [-0.25, -0.2) is 0 Å². The molecule has 0 aromatic heterocycles. The summed E-state index contributed by atoms with van der Waals surface area (Å²) in [7, 11) is 0. The molecule has 1 saturated heterocycles. The lowest BCUT2D eigenvalue weighted by Gasteiger charge is -2.30. The van der Waals surface area contributed by atoms with Gasteiger partial charge in [-0.3, -0.25) is 9.69 Å². The second kappa shape index (κ2) is 9.00. The topological polar surface area (TPSA) is 32.3 Å². The van der Waals surface area contributed by atoms with E-state index in [-0.39, 0.29) is 17.9 Å². The van der Waals surface area contributed by atoms with E-state index in [0.29, 0.717) is 6.54 Å². The van der Waals surface area contributed by atoms with E-state index in [9.17, 15) is 4.79 Å².